The first-order chi connectivity index (χ1) is 16.7. The Kier molecular flexibility index (Phi) is 7.02. The van der Waals surface area contributed by atoms with E-state index >= 15 is 0 Å². The summed E-state index contributed by atoms with van der Waals surface area (Å²) < 4.78 is 48.5. The smallest absolute Gasteiger partial charge is 0.363 e. The second kappa shape index (κ2) is 9.99. The Morgan fingerprint density at radius 3 is 2.63 bits per heavy atom. The highest BCUT2D eigenvalue weighted by molar-refractivity contribution is 9.10. The Balaban J connectivity index is 1.46. The molecule has 1 aromatic heterocycles. The normalized spacial score (nSPS) is 20.1. The lowest BCUT2D eigenvalue weighted by atomic mass is 9.92. The van der Waals surface area contributed by atoms with Gasteiger partial charge in [-0.15, -0.1) is 0 Å². The first-order valence-corrected chi connectivity index (χ1v) is 12.2. The Morgan fingerprint density at radius 2 is 1.97 bits per heavy atom. The predicted molar refractivity (Wildman–Crippen MR) is 120 cm³/mol. The van der Waals surface area contributed by atoms with Crippen molar-refractivity contribution >= 4 is 55.6 Å². The molecule has 0 spiro atoms. The number of oxime groups is 1. The van der Waals surface area contributed by atoms with E-state index in [0.717, 1.165) is 0 Å². The quantitative estimate of drug-likeness (QED) is 0.406. The molecule has 4 N–H and O–H groups in total. The number of amides is 1. The van der Waals surface area contributed by atoms with Crippen molar-refractivity contribution in [3.05, 3.63) is 40.1 Å². The summed E-state index contributed by atoms with van der Waals surface area (Å²) in [5, 5.41) is 14.7. The van der Waals surface area contributed by atoms with Crippen LogP contribution in [0.5, 0.6) is 0 Å². The van der Waals surface area contributed by atoms with Crippen LogP contribution in [0.4, 0.5) is 20.7 Å². The van der Waals surface area contributed by atoms with Gasteiger partial charge in [0.05, 0.1) is 10.2 Å². The standard InChI is InChI=1S/C18H17BrFN7O7S/c19-12-7-11(5-6-13(12)20)27-14(8-28)32-25-17(27)15-16(24-34-23-15)22-9-1-3-10(4-2-9)26-35(30,31)33-18(21)29/h5-7,9-10,26H,1-4H2,(H2,21,29)(H,22,24). The van der Waals surface area contributed by atoms with E-state index in [4.69, 9.17) is 15.2 Å². The number of nitrogens with two attached hydrogens (primary N) is 1. The zero-order chi connectivity index (χ0) is 25.2. The van der Waals surface area contributed by atoms with E-state index in [1.54, 1.807) is 5.94 Å². The van der Waals surface area contributed by atoms with Crippen molar-refractivity contribution in [2.45, 2.75) is 37.8 Å². The largest absolute Gasteiger partial charge is 0.421 e. The molecule has 35 heavy (non-hydrogen) atoms. The number of amidine groups is 1. The van der Waals surface area contributed by atoms with E-state index < -0.39 is 28.3 Å². The second-order valence-electron chi connectivity index (χ2n) is 7.48. The molecular formula is C18H17BrFN7O7S. The average Bonchev–Trinajstić information content (AvgIpc) is 3.42. The molecule has 2 aliphatic rings. The van der Waals surface area contributed by atoms with Crippen LogP contribution in [-0.2, 0) is 24.1 Å². The topological polar surface area (TPSA) is 191 Å². The fourth-order valence-corrected chi connectivity index (χ4v) is 4.93. The monoisotopic (exact) mass is 573 g/mol. The van der Waals surface area contributed by atoms with Crippen LogP contribution in [0.15, 0.2) is 38.3 Å². The van der Waals surface area contributed by atoms with E-state index in [2.05, 4.69) is 45.6 Å². The van der Waals surface area contributed by atoms with Gasteiger partial charge in [0.1, 0.15) is 5.82 Å². The molecule has 186 valence electrons. The summed E-state index contributed by atoms with van der Waals surface area (Å²) in [6.45, 7) is 0. The number of aromatic nitrogens is 2. The molecule has 0 radical (unpaired) electrons. The number of benzene rings is 1. The maximum absolute atomic E-state index is 13.7. The van der Waals surface area contributed by atoms with Crippen molar-refractivity contribution in [1.82, 2.24) is 15.0 Å². The summed E-state index contributed by atoms with van der Waals surface area (Å²) in [5.74, 6) is 1.08. The van der Waals surface area contributed by atoms with Crippen LogP contribution in [-0.4, -0.2) is 48.7 Å². The van der Waals surface area contributed by atoms with Crippen molar-refractivity contribution in [3.63, 3.8) is 0 Å². The van der Waals surface area contributed by atoms with E-state index in [0.29, 0.717) is 31.4 Å². The molecule has 2 heterocycles. The highest BCUT2D eigenvalue weighted by Gasteiger charge is 2.35. The molecule has 14 nitrogen and oxygen atoms in total. The lowest BCUT2D eigenvalue weighted by Crippen LogP contribution is -2.42. The van der Waals surface area contributed by atoms with Gasteiger partial charge in [0.25, 0.3) is 0 Å². The number of nitrogens with one attached hydrogen (secondary N) is 2. The van der Waals surface area contributed by atoms with Gasteiger partial charge in [-0.3, -0.25) is 0 Å². The summed E-state index contributed by atoms with van der Waals surface area (Å²) in [6, 6.07) is 3.43. The van der Waals surface area contributed by atoms with Gasteiger partial charge < -0.3 is 20.1 Å². The highest BCUT2D eigenvalue weighted by Crippen LogP contribution is 2.32. The number of carbonyl (C=O) groups excluding carboxylic acids is 2. The van der Waals surface area contributed by atoms with E-state index in [9.17, 15) is 22.4 Å². The molecule has 4 rings (SSSR count). The zero-order valence-electron chi connectivity index (χ0n) is 17.6. The van der Waals surface area contributed by atoms with E-state index in [-0.39, 0.29) is 33.7 Å². The third-order valence-electron chi connectivity index (χ3n) is 5.15. The average molecular weight is 574 g/mol. The summed E-state index contributed by atoms with van der Waals surface area (Å²) in [7, 11) is -4.29. The molecule has 1 fully saturated rings. The molecule has 1 aliphatic carbocycles. The summed E-state index contributed by atoms with van der Waals surface area (Å²) in [4.78, 5) is 28.4. The van der Waals surface area contributed by atoms with Gasteiger partial charge >= 0.3 is 22.3 Å². The minimum Gasteiger partial charge on any atom is -0.363 e. The van der Waals surface area contributed by atoms with Gasteiger partial charge in [-0.1, -0.05) is 5.16 Å². The number of hydrogen-bond donors (Lipinski definition) is 3. The Hall–Kier alpha value is -3.53. The van der Waals surface area contributed by atoms with Crippen LogP contribution in [0.3, 0.4) is 0 Å². The summed E-state index contributed by atoms with van der Waals surface area (Å²) in [6.07, 6.45) is 0.474. The number of halogens is 2. The molecule has 0 bridgehead atoms. The van der Waals surface area contributed by atoms with E-state index in [1.807, 2.05) is 0 Å². The highest BCUT2D eigenvalue weighted by atomic mass is 79.9. The number of carbonyl (C=O) groups is 1. The van der Waals surface area contributed by atoms with Crippen molar-refractivity contribution in [2.24, 2.45) is 10.9 Å². The van der Waals surface area contributed by atoms with Crippen molar-refractivity contribution in [3.8, 4) is 0 Å². The first kappa shape index (κ1) is 24.6. The van der Waals surface area contributed by atoms with Gasteiger partial charge in [0.2, 0.25) is 11.7 Å². The molecule has 1 saturated carbocycles. The SMILES string of the molecule is NC(=O)OS(=O)(=O)NC1CCC(Nc2nonc2C2=NOC(=C=O)N2c2ccc(F)c(Br)c2)CC1. The van der Waals surface area contributed by atoms with Crippen molar-refractivity contribution < 1.29 is 36.0 Å². The Morgan fingerprint density at radius 1 is 1.26 bits per heavy atom. The van der Waals surface area contributed by atoms with Crippen molar-refractivity contribution in [1.29, 1.82) is 0 Å². The van der Waals surface area contributed by atoms with Gasteiger partial charge in [0, 0.05) is 12.1 Å². The molecule has 0 atom stereocenters. The lowest BCUT2D eigenvalue weighted by molar-refractivity contribution is 0.211. The van der Waals surface area contributed by atoms with Crippen molar-refractivity contribution in [2.75, 3.05) is 10.2 Å². The molecule has 17 heteroatoms. The molecule has 0 unspecified atom stereocenters. The van der Waals surface area contributed by atoms with Crippen LogP contribution in [0, 0.1) is 5.82 Å². The minimum atomic E-state index is -4.29. The summed E-state index contributed by atoms with van der Waals surface area (Å²) in [5.41, 5.74) is 5.21. The number of rotatable bonds is 7. The minimum absolute atomic E-state index is 0.0515. The Labute approximate surface area is 205 Å². The van der Waals surface area contributed by atoms with Crippen LogP contribution >= 0.6 is 15.9 Å². The fourth-order valence-electron chi connectivity index (χ4n) is 3.66. The second-order valence-corrected chi connectivity index (χ2v) is 9.64. The van der Waals surface area contributed by atoms with Crippen LogP contribution in [0.1, 0.15) is 31.4 Å². The maximum Gasteiger partial charge on any atom is 0.421 e. The molecule has 1 aromatic carbocycles. The number of anilines is 2. The van der Waals surface area contributed by atoms with Gasteiger partial charge in [-0.05, 0) is 70.1 Å². The molecule has 0 saturated heterocycles. The first-order valence-electron chi connectivity index (χ1n) is 10.0. The number of nitrogens with zero attached hydrogens (tertiary/aromatic N) is 4. The zero-order valence-corrected chi connectivity index (χ0v) is 20.0. The van der Waals surface area contributed by atoms with Gasteiger partial charge in [0.15, 0.2) is 11.6 Å². The molecule has 1 amide bonds. The molecule has 1 aliphatic heterocycles. The van der Waals surface area contributed by atoms with Gasteiger partial charge in [-0.25, -0.2) is 23.5 Å². The van der Waals surface area contributed by atoms with Crippen LogP contribution < -0.4 is 20.7 Å². The maximum atomic E-state index is 13.7. The van der Waals surface area contributed by atoms with Crippen LogP contribution in [0.2, 0.25) is 0 Å². The number of primary amides is 1. The lowest BCUT2D eigenvalue weighted by Gasteiger charge is -2.29. The van der Waals surface area contributed by atoms with Crippen LogP contribution in [0.25, 0.3) is 0 Å². The third-order valence-corrected chi connectivity index (χ3v) is 6.77. The summed E-state index contributed by atoms with van der Waals surface area (Å²) >= 11 is 3.10. The third kappa shape index (κ3) is 5.59. The number of hydrogen-bond acceptors (Lipinski definition) is 12. The predicted octanol–water partition coefficient (Wildman–Crippen LogP) is 1.50. The fraction of sp³-hybridized carbons (Fsp3) is 0.333. The Bertz CT molecular complexity index is 1320. The van der Waals surface area contributed by atoms with E-state index in [1.165, 1.54) is 23.1 Å². The molecule has 2 aromatic rings. The molecular weight excluding hydrogens is 557 g/mol. The van der Waals surface area contributed by atoms with Gasteiger partial charge in [-0.2, -0.15) is 13.1 Å².